The van der Waals surface area contributed by atoms with Crippen LogP contribution in [0.3, 0.4) is 0 Å². The van der Waals surface area contributed by atoms with Crippen molar-refractivity contribution >= 4 is 59.8 Å². The number of para-hydroxylation sites is 2. The lowest BCUT2D eigenvalue weighted by atomic mass is 9.97. The largest absolute Gasteiger partial charge is 0.315 e. The summed E-state index contributed by atoms with van der Waals surface area (Å²) in [7, 11) is 0. The molecular weight excluding hydrogens is 703 g/mol. The second kappa shape index (κ2) is 12.9. The van der Waals surface area contributed by atoms with Crippen LogP contribution < -0.4 is 0 Å². The fourth-order valence-electron chi connectivity index (χ4n) is 9.16. The van der Waals surface area contributed by atoms with E-state index in [2.05, 4.69) is 221 Å². The van der Waals surface area contributed by atoms with Gasteiger partial charge in [-0.15, -0.1) is 0 Å². The van der Waals surface area contributed by atoms with Crippen LogP contribution in [0.15, 0.2) is 212 Å². The molecule has 0 saturated carbocycles. The van der Waals surface area contributed by atoms with Gasteiger partial charge in [-0.05, 0) is 64.0 Å². The number of benzene rings is 8. The van der Waals surface area contributed by atoms with Crippen molar-refractivity contribution in [2.75, 3.05) is 0 Å². The fourth-order valence-corrected chi connectivity index (χ4v) is 9.16. The third kappa shape index (κ3) is 5.04. The minimum atomic E-state index is 0.995. The number of hydrogen-bond acceptors (Lipinski definition) is 1. The van der Waals surface area contributed by atoms with Gasteiger partial charge in [-0.25, -0.2) is 4.98 Å². The van der Waals surface area contributed by atoms with Crippen molar-refractivity contribution in [1.82, 2.24) is 14.0 Å². The summed E-state index contributed by atoms with van der Waals surface area (Å²) in [4.78, 5) is 5.24. The van der Waals surface area contributed by atoms with Gasteiger partial charge in [0.1, 0.15) is 0 Å². The summed E-state index contributed by atoms with van der Waals surface area (Å²) in [5.41, 5.74) is 15.0. The van der Waals surface area contributed by atoms with Crippen molar-refractivity contribution in [2.45, 2.75) is 0 Å². The fraction of sp³-hybridized carbons (Fsp3) is 0. The van der Waals surface area contributed by atoms with Gasteiger partial charge in [-0.1, -0.05) is 170 Å². The van der Waals surface area contributed by atoms with Gasteiger partial charge < -0.3 is 8.97 Å². The lowest BCUT2D eigenvalue weighted by Gasteiger charge is -2.15. The molecular formula is C55H35N3. The van der Waals surface area contributed by atoms with Gasteiger partial charge in [0.2, 0.25) is 0 Å². The highest BCUT2D eigenvalue weighted by Crippen LogP contribution is 2.42. The molecule has 0 aliphatic rings. The number of hydrogen-bond donors (Lipinski definition) is 0. The van der Waals surface area contributed by atoms with Crippen molar-refractivity contribution in [3.05, 3.63) is 212 Å². The normalized spacial score (nSPS) is 11.8. The molecule has 0 fully saturated rings. The number of nitrogens with zero attached hydrogens (tertiary/aromatic N) is 3. The molecule has 0 radical (unpaired) electrons. The standard InChI is InChI=1S/C55H35N3/c1-3-13-36(14-4-1)42-34-52-44-18-8-7-17-41(44)33-51(57(52)35-42)39-25-23-37(24-26-39)38-27-29-43(30-28-38)58-50-22-12-10-19-45(50)46-31-32-48-53(55(46)58)47-20-9-11-21-49(47)56-54(48)40-15-5-2-6-16-40/h1-35H. The Balaban J connectivity index is 0.986. The van der Waals surface area contributed by atoms with E-state index in [-0.39, 0.29) is 0 Å². The van der Waals surface area contributed by atoms with Gasteiger partial charge in [0.15, 0.2) is 0 Å². The highest BCUT2D eigenvalue weighted by Gasteiger charge is 2.20. The lowest BCUT2D eigenvalue weighted by Crippen LogP contribution is -1.96. The summed E-state index contributed by atoms with van der Waals surface area (Å²) < 4.78 is 4.80. The first-order chi connectivity index (χ1) is 28.8. The van der Waals surface area contributed by atoms with Gasteiger partial charge in [0.05, 0.1) is 33.5 Å². The van der Waals surface area contributed by atoms with Crippen LogP contribution in [0, 0.1) is 0 Å². The Hall–Kier alpha value is -7.75. The first-order valence-electron chi connectivity index (χ1n) is 19.9. The maximum atomic E-state index is 5.24. The van der Waals surface area contributed by atoms with Crippen LogP contribution in [-0.4, -0.2) is 14.0 Å². The summed E-state index contributed by atoms with van der Waals surface area (Å²) in [5.74, 6) is 0. The van der Waals surface area contributed by atoms with E-state index in [1.807, 2.05) is 0 Å². The molecule has 270 valence electrons. The average molecular weight is 738 g/mol. The Morgan fingerprint density at radius 2 is 0.948 bits per heavy atom. The molecule has 0 spiro atoms. The Bertz CT molecular complexity index is 3520. The van der Waals surface area contributed by atoms with E-state index in [0.717, 1.165) is 33.2 Å². The molecule has 4 heterocycles. The average Bonchev–Trinajstić information content (AvgIpc) is 3.90. The lowest BCUT2D eigenvalue weighted by molar-refractivity contribution is 1.19. The molecule has 12 aromatic rings. The third-order valence-corrected chi connectivity index (χ3v) is 11.9. The zero-order chi connectivity index (χ0) is 38.2. The maximum absolute atomic E-state index is 5.24. The van der Waals surface area contributed by atoms with E-state index in [1.165, 1.54) is 77.0 Å². The van der Waals surface area contributed by atoms with Crippen LogP contribution in [0.1, 0.15) is 0 Å². The summed E-state index contributed by atoms with van der Waals surface area (Å²) >= 11 is 0. The molecule has 0 bridgehead atoms. The van der Waals surface area contributed by atoms with Crippen LogP contribution in [0.25, 0.3) is 110 Å². The van der Waals surface area contributed by atoms with E-state index >= 15 is 0 Å². The number of pyridine rings is 2. The Morgan fingerprint density at radius 1 is 0.362 bits per heavy atom. The Morgan fingerprint density at radius 3 is 1.72 bits per heavy atom. The van der Waals surface area contributed by atoms with E-state index in [9.17, 15) is 0 Å². The molecule has 12 rings (SSSR count). The predicted molar refractivity (Wildman–Crippen MR) is 244 cm³/mol. The highest BCUT2D eigenvalue weighted by molar-refractivity contribution is 6.27. The molecule has 0 unspecified atom stereocenters. The van der Waals surface area contributed by atoms with Crippen LogP contribution >= 0.6 is 0 Å². The summed E-state index contributed by atoms with van der Waals surface area (Å²) in [6.45, 7) is 0. The molecule has 58 heavy (non-hydrogen) atoms. The number of rotatable bonds is 5. The highest BCUT2D eigenvalue weighted by atomic mass is 15.0. The summed E-state index contributed by atoms with van der Waals surface area (Å²) in [6.07, 6.45) is 2.28. The Kier molecular flexibility index (Phi) is 7.23. The molecule has 3 heteroatoms. The van der Waals surface area contributed by atoms with Crippen LogP contribution in [-0.2, 0) is 0 Å². The minimum Gasteiger partial charge on any atom is -0.315 e. The molecule has 0 aliphatic carbocycles. The van der Waals surface area contributed by atoms with Crippen molar-refractivity contribution in [3.8, 4) is 50.5 Å². The van der Waals surface area contributed by atoms with E-state index in [1.54, 1.807) is 0 Å². The zero-order valence-corrected chi connectivity index (χ0v) is 31.5. The molecule has 0 aliphatic heterocycles. The topological polar surface area (TPSA) is 22.2 Å². The molecule has 0 atom stereocenters. The van der Waals surface area contributed by atoms with Crippen LogP contribution in [0.2, 0.25) is 0 Å². The smallest absolute Gasteiger partial charge is 0.0788 e. The van der Waals surface area contributed by atoms with Crippen LogP contribution in [0.4, 0.5) is 0 Å². The van der Waals surface area contributed by atoms with Gasteiger partial charge in [0, 0.05) is 55.3 Å². The number of fused-ring (bicyclic) bond motifs is 10. The first-order valence-corrected chi connectivity index (χ1v) is 19.9. The molecule has 0 N–H and O–H groups in total. The second-order valence-corrected chi connectivity index (χ2v) is 15.2. The van der Waals surface area contributed by atoms with Crippen molar-refractivity contribution in [1.29, 1.82) is 0 Å². The van der Waals surface area contributed by atoms with Crippen LogP contribution in [0.5, 0.6) is 0 Å². The van der Waals surface area contributed by atoms with Gasteiger partial charge >= 0.3 is 0 Å². The predicted octanol–water partition coefficient (Wildman–Crippen LogP) is 14.6. The van der Waals surface area contributed by atoms with Gasteiger partial charge in [0.25, 0.3) is 0 Å². The second-order valence-electron chi connectivity index (χ2n) is 15.2. The summed E-state index contributed by atoms with van der Waals surface area (Å²) in [6, 6.07) is 74.5. The molecule has 3 nitrogen and oxygen atoms in total. The SMILES string of the molecule is c1ccc(-c2cc3c4ccccc4cc(-c4ccc(-c5ccc(-n6c7ccccc7c7ccc8c(-c9ccccc9)nc9ccccc9c8c76)cc5)cc4)n3c2)cc1. The Labute approximate surface area is 335 Å². The first kappa shape index (κ1) is 32.5. The van der Waals surface area contributed by atoms with Gasteiger partial charge in [-0.3, -0.25) is 0 Å². The number of aromatic nitrogens is 3. The summed E-state index contributed by atoms with van der Waals surface area (Å²) in [5, 5.41) is 8.49. The maximum Gasteiger partial charge on any atom is 0.0788 e. The van der Waals surface area contributed by atoms with Crippen molar-refractivity contribution in [3.63, 3.8) is 0 Å². The van der Waals surface area contributed by atoms with Gasteiger partial charge in [-0.2, -0.15) is 0 Å². The molecule has 0 amide bonds. The van der Waals surface area contributed by atoms with E-state index < -0.39 is 0 Å². The quantitative estimate of drug-likeness (QED) is 0.161. The minimum absolute atomic E-state index is 0.995. The van der Waals surface area contributed by atoms with E-state index in [4.69, 9.17) is 4.98 Å². The monoisotopic (exact) mass is 737 g/mol. The van der Waals surface area contributed by atoms with E-state index in [0.29, 0.717) is 0 Å². The van der Waals surface area contributed by atoms with Crippen molar-refractivity contribution in [2.24, 2.45) is 0 Å². The molecule has 8 aromatic carbocycles. The van der Waals surface area contributed by atoms with Crippen molar-refractivity contribution < 1.29 is 0 Å². The third-order valence-electron chi connectivity index (χ3n) is 11.9. The molecule has 4 aromatic heterocycles. The zero-order valence-electron chi connectivity index (χ0n) is 31.5. The molecule has 0 saturated heterocycles.